The summed E-state index contributed by atoms with van der Waals surface area (Å²) >= 11 is 10.8. The second-order valence-corrected chi connectivity index (χ2v) is 5.38. The van der Waals surface area contributed by atoms with Crippen LogP contribution in [0.4, 0.5) is 10.7 Å². The van der Waals surface area contributed by atoms with Crippen LogP contribution in [0.5, 0.6) is 5.75 Å². The van der Waals surface area contributed by atoms with Gasteiger partial charge >= 0.3 is 16.5 Å². The summed E-state index contributed by atoms with van der Waals surface area (Å²) in [5.74, 6) is 1.28. The molecule has 0 aliphatic rings. The summed E-state index contributed by atoms with van der Waals surface area (Å²) < 4.78 is 29.1. The number of anilines is 1. The highest BCUT2D eigenvalue weighted by Gasteiger charge is 2.07. The van der Waals surface area contributed by atoms with E-state index in [0.29, 0.717) is 11.6 Å². The lowest BCUT2D eigenvalue weighted by Gasteiger charge is -2.00. The average Bonchev–Trinajstić information content (AvgIpc) is 2.85. The summed E-state index contributed by atoms with van der Waals surface area (Å²) in [7, 11) is -1.20. The van der Waals surface area contributed by atoms with E-state index in [1.165, 1.54) is 10.2 Å². The number of benzene rings is 1. The summed E-state index contributed by atoms with van der Waals surface area (Å²) in [4.78, 5) is 14.6. The number of amides is 2. The second kappa shape index (κ2) is 10.4. The van der Waals surface area contributed by atoms with Crippen LogP contribution in [0.15, 0.2) is 45.4 Å². The minimum Gasteiger partial charge on any atom is -0.444 e. The van der Waals surface area contributed by atoms with Gasteiger partial charge in [0.2, 0.25) is 11.2 Å². The van der Waals surface area contributed by atoms with E-state index >= 15 is 0 Å². The van der Waals surface area contributed by atoms with Crippen molar-refractivity contribution in [1.82, 2.24) is 14.8 Å². The van der Waals surface area contributed by atoms with Crippen LogP contribution in [0, 0.1) is 6.92 Å². The molecule has 9 nitrogen and oxygen atoms in total. The molecule has 1 aromatic carbocycles. The predicted octanol–water partition coefficient (Wildman–Crippen LogP) is 3.06. The molecule has 134 valence electrons. The Kier molecular flexibility index (Phi) is 8.61. The Morgan fingerprint density at radius 3 is 2.48 bits per heavy atom. The number of ether oxygens (including phenoxy) is 1. The fourth-order valence-corrected chi connectivity index (χ4v) is 1.75. The number of carbonyl (C=O) groups excluding carboxylic acids is 1. The first-order chi connectivity index (χ1) is 11.8. The number of nitrogens with zero attached hydrogens (tertiary/aromatic N) is 4. The molecule has 2 aromatic rings. The first-order valence-corrected chi connectivity index (χ1v) is 8.35. The monoisotopic (exact) mass is 405 g/mol. The highest BCUT2D eigenvalue weighted by molar-refractivity contribution is 7.62. The number of nitrogens with one attached hydrogen (secondary N) is 1. The van der Waals surface area contributed by atoms with Crippen LogP contribution in [-0.2, 0) is 17.5 Å². The maximum absolute atomic E-state index is 10.8. The molecule has 0 aliphatic carbocycles. The van der Waals surface area contributed by atoms with Crippen molar-refractivity contribution in [3.63, 3.8) is 0 Å². The summed E-state index contributed by atoms with van der Waals surface area (Å²) in [6, 6.07) is 8.19. The van der Waals surface area contributed by atoms with Crippen LogP contribution in [0.2, 0.25) is 0 Å². The fourth-order valence-electron chi connectivity index (χ4n) is 1.43. The molecule has 2 amide bonds. The molecule has 1 N–H and O–H groups in total. The zero-order valence-electron chi connectivity index (χ0n) is 13.1. The topological polar surface area (TPSA) is 116 Å². The maximum atomic E-state index is 10.8. The number of aromatic nitrogens is 3. The van der Waals surface area contributed by atoms with Crippen molar-refractivity contribution in [3.8, 4) is 5.75 Å². The average molecular weight is 406 g/mol. The Morgan fingerprint density at radius 2 is 2.00 bits per heavy atom. The molecule has 2 rings (SSSR count). The smallest absolute Gasteiger partial charge is 0.362 e. The maximum Gasteiger partial charge on any atom is 0.362 e. The van der Waals surface area contributed by atoms with Gasteiger partial charge in [-0.3, -0.25) is 5.32 Å². The molecular weight excluding hydrogens is 393 g/mol. The third kappa shape index (κ3) is 8.29. The second-order valence-electron chi connectivity index (χ2n) is 4.17. The Hall–Kier alpha value is -2.43. The minimum absolute atomic E-state index is 0.140. The number of hydrogen-bond acceptors (Lipinski definition) is 6. The largest absolute Gasteiger partial charge is 0.444 e. The van der Waals surface area contributed by atoms with Gasteiger partial charge in [-0.15, -0.1) is 0 Å². The predicted molar refractivity (Wildman–Crippen MR) is 93.0 cm³/mol. The standard InChI is InChI=1S/C8H6Cl2O.C5H7N5O3S/c9-6-8(10)11-7-4-2-1-3-5-7;1-3-6-4(10(2)8-3)7-5(11)9-14(12)13/h1-6H;1-2H3,(H,6,7,8,11). The van der Waals surface area contributed by atoms with Crippen molar-refractivity contribution in [2.75, 3.05) is 5.32 Å². The summed E-state index contributed by atoms with van der Waals surface area (Å²) in [5.41, 5.74) is 1.18. The minimum atomic E-state index is -2.76. The van der Waals surface area contributed by atoms with Crippen LogP contribution < -0.4 is 10.1 Å². The van der Waals surface area contributed by atoms with Crippen molar-refractivity contribution in [1.29, 1.82) is 0 Å². The number of urea groups is 1. The zero-order chi connectivity index (χ0) is 18.8. The summed E-state index contributed by atoms with van der Waals surface area (Å²) in [6.07, 6.45) is 0. The molecule has 25 heavy (non-hydrogen) atoms. The Balaban J connectivity index is 0.000000257. The van der Waals surface area contributed by atoms with E-state index in [1.54, 1.807) is 26.1 Å². The summed E-state index contributed by atoms with van der Waals surface area (Å²) in [6.45, 7) is 1.64. The van der Waals surface area contributed by atoms with Crippen molar-refractivity contribution in [3.05, 3.63) is 46.9 Å². The van der Waals surface area contributed by atoms with E-state index < -0.39 is 16.5 Å². The van der Waals surface area contributed by atoms with Gasteiger partial charge in [0, 0.05) is 7.05 Å². The first kappa shape index (κ1) is 20.6. The molecule has 0 saturated heterocycles. The summed E-state index contributed by atoms with van der Waals surface area (Å²) in [5, 5.41) is 6.16. The first-order valence-electron chi connectivity index (χ1n) is 6.50. The van der Waals surface area contributed by atoms with Crippen LogP contribution >= 0.6 is 23.2 Å². The third-order valence-electron chi connectivity index (χ3n) is 2.29. The fraction of sp³-hybridized carbons (Fsp3) is 0.154. The van der Waals surface area contributed by atoms with Crippen molar-refractivity contribution in [2.24, 2.45) is 11.4 Å². The lowest BCUT2D eigenvalue weighted by molar-refractivity contribution is 0.259. The molecule has 1 heterocycles. The van der Waals surface area contributed by atoms with Crippen molar-refractivity contribution >= 4 is 45.7 Å². The lowest BCUT2D eigenvalue weighted by Crippen LogP contribution is -2.10. The highest BCUT2D eigenvalue weighted by Crippen LogP contribution is 2.15. The number of halogens is 2. The van der Waals surface area contributed by atoms with Gasteiger partial charge in [0.1, 0.15) is 11.6 Å². The van der Waals surface area contributed by atoms with Gasteiger partial charge in [-0.25, -0.2) is 9.48 Å². The Labute approximate surface area is 154 Å². The van der Waals surface area contributed by atoms with Gasteiger partial charge in [-0.2, -0.15) is 18.5 Å². The molecule has 0 aliphatic heterocycles. The van der Waals surface area contributed by atoms with E-state index in [1.807, 2.05) is 18.2 Å². The van der Waals surface area contributed by atoms with Crippen LogP contribution in [0.3, 0.4) is 0 Å². The van der Waals surface area contributed by atoms with Crippen molar-refractivity contribution < 1.29 is 17.9 Å². The Morgan fingerprint density at radius 1 is 1.36 bits per heavy atom. The Bertz CT molecular complexity index is 873. The van der Waals surface area contributed by atoms with Gasteiger partial charge in [-0.05, 0) is 30.7 Å². The molecule has 0 saturated carbocycles. The van der Waals surface area contributed by atoms with Crippen LogP contribution in [0.1, 0.15) is 5.82 Å². The van der Waals surface area contributed by atoms with Gasteiger partial charge in [-0.1, -0.05) is 34.2 Å². The normalized spacial score (nSPS) is 10.3. The van der Waals surface area contributed by atoms with Gasteiger partial charge < -0.3 is 4.74 Å². The number of carbonyl (C=O) groups is 1. The van der Waals surface area contributed by atoms with Crippen molar-refractivity contribution in [2.45, 2.75) is 6.92 Å². The number of para-hydroxylation sites is 1. The van der Waals surface area contributed by atoms with E-state index in [4.69, 9.17) is 27.9 Å². The molecule has 0 atom stereocenters. The van der Waals surface area contributed by atoms with Gasteiger partial charge in [0.15, 0.2) is 0 Å². The third-order valence-corrected chi connectivity index (χ3v) is 3.10. The van der Waals surface area contributed by atoms with Gasteiger partial charge in [0.25, 0.3) is 0 Å². The highest BCUT2D eigenvalue weighted by atomic mass is 35.5. The lowest BCUT2D eigenvalue weighted by atomic mass is 10.3. The van der Waals surface area contributed by atoms with E-state index in [0.717, 1.165) is 0 Å². The van der Waals surface area contributed by atoms with Gasteiger partial charge in [0.05, 0.1) is 5.54 Å². The molecular formula is C13H13Cl2N5O4S. The molecule has 0 unspecified atom stereocenters. The van der Waals surface area contributed by atoms with E-state index in [9.17, 15) is 13.2 Å². The molecule has 1 aromatic heterocycles. The molecule has 0 bridgehead atoms. The zero-order valence-corrected chi connectivity index (χ0v) is 15.4. The van der Waals surface area contributed by atoms with E-state index in [-0.39, 0.29) is 11.2 Å². The number of aryl methyl sites for hydroxylation is 2. The quantitative estimate of drug-likeness (QED) is 0.784. The van der Waals surface area contributed by atoms with E-state index in [2.05, 4.69) is 19.8 Å². The number of rotatable bonds is 3. The number of hydrogen-bond donors (Lipinski definition) is 1. The molecule has 0 radical (unpaired) electrons. The molecule has 0 spiro atoms. The van der Waals surface area contributed by atoms with Crippen LogP contribution in [-0.4, -0.2) is 29.2 Å². The van der Waals surface area contributed by atoms with Crippen LogP contribution in [0.25, 0.3) is 0 Å². The molecule has 12 heteroatoms. The SMILES string of the molecule is Cc1nc(NC(=O)N=S(=O)=O)n(C)n1.ClC=C(Cl)Oc1ccccc1. The molecule has 0 fully saturated rings.